The van der Waals surface area contributed by atoms with E-state index in [1.165, 1.54) is 9.80 Å². The van der Waals surface area contributed by atoms with Gasteiger partial charge in [-0.3, -0.25) is 19.2 Å². The Morgan fingerprint density at radius 1 is 1.21 bits per heavy atom. The van der Waals surface area contributed by atoms with Gasteiger partial charge < -0.3 is 15.1 Å². The van der Waals surface area contributed by atoms with Crippen molar-refractivity contribution in [1.82, 2.24) is 15.1 Å². The zero-order chi connectivity index (χ0) is 20.8. The summed E-state index contributed by atoms with van der Waals surface area (Å²) in [4.78, 5) is 52.8. The van der Waals surface area contributed by atoms with Crippen LogP contribution in [0.25, 0.3) is 0 Å². The van der Waals surface area contributed by atoms with Crippen molar-refractivity contribution in [3.63, 3.8) is 0 Å². The molecule has 1 saturated heterocycles. The standard InChI is InChI=1S/C21H27N3O4/c1-14(2)11-22-20(27)19(26)17-12-24(13-18(25)23(3)4)21(28)16(17)10-15-8-6-5-7-9-15/h5-9,16-17H,1,10-13H2,2-4H3,(H,22,27)/t16-,17+/m1/s1. The van der Waals surface area contributed by atoms with E-state index in [2.05, 4.69) is 11.9 Å². The molecule has 0 bridgehead atoms. The fraction of sp³-hybridized carbons (Fsp3) is 0.429. The predicted octanol–water partition coefficient (Wildman–Crippen LogP) is 0.653. The molecular formula is C21H27N3O4. The molecule has 28 heavy (non-hydrogen) atoms. The maximum Gasteiger partial charge on any atom is 0.288 e. The first-order valence-electron chi connectivity index (χ1n) is 9.20. The van der Waals surface area contributed by atoms with Crippen molar-refractivity contribution in [3.05, 3.63) is 48.0 Å². The molecule has 1 aromatic carbocycles. The number of rotatable bonds is 8. The van der Waals surface area contributed by atoms with Gasteiger partial charge in [0.05, 0.1) is 18.4 Å². The van der Waals surface area contributed by atoms with Gasteiger partial charge in [-0.2, -0.15) is 0 Å². The molecule has 150 valence electrons. The number of likely N-dealkylation sites (N-methyl/N-ethyl adjacent to an activating group) is 1. The fourth-order valence-corrected chi connectivity index (χ4v) is 3.16. The number of nitrogens with one attached hydrogen (secondary N) is 1. The minimum Gasteiger partial charge on any atom is -0.347 e. The van der Waals surface area contributed by atoms with Crippen LogP contribution < -0.4 is 5.32 Å². The largest absolute Gasteiger partial charge is 0.347 e. The lowest BCUT2D eigenvalue weighted by atomic mass is 9.86. The van der Waals surface area contributed by atoms with Crippen LogP contribution in [-0.2, 0) is 25.6 Å². The third-order valence-corrected chi connectivity index (χ3v) is 4.77. The van der Waals surface area contributed by atoms with Gasteiger partial charge in [0.15, 0.2) is 0 Å². The summed E-state index contributed by atoms with van der Waals surface area (Å²) in [5.41, 5.74) is 1.63. The van der Waals surface area contributed by atoms with Crippen LogP contribution in [-0.4, -0.2) is 67.0 Å². The lowest BCUT2D eigenvalue weighted by Gasteiger charge is -2.18. The van der Waals surface area contributed by atoms with E-state index in [0.717, 1.165) is 11.1 Å². The lowest BCUT2D eigenvalue weighted by molar-refractivity contribution is -0.141. The van der Waals surface area contributed by atoms with Crippen molar-refractivity contribution in [2.45, 2.75) is 13.3 Å². The molecule has 1 fully saturated rings. The average Bonchev–Trinajstić information content (AvgIpc) is 2.95. The quantitative estimate of drug-likeness (QED) is 0.526. The Morgan fingerprint density at radius 3 is 2.43 bits per heavy atom. The van der Waals surface area contributed by atoms with E-state index in [1.54, 1.807) is 21.0 Å². The number of carbonyl (C=O) groups excluding carboxylic acids is 4. The number of ketones is 1. The normalized spacial score (nSPS) is 18.7. The van der Waals surface area contributed by atoms with Gasteiger partial charge in [0.25, 0.3) is 5.91 Å². The number of likely N-dealkylation sites (tertiary alicyclic amines) is 1. The van der Waals surface area contributed by atoms with Gasteiger partial charge >= 0.3 is 0 Å². The van der Waals surface area contributed by atoms with Crippen LogP contribution in [0.2, 0.25) is 0 Å². The first-order chi connectivity index (χ1) is 13.2. The van der Waals surface area contributed by atoms with Gasteiger partial charge in [-0.15, -0.1) is 0 Å². The zero-order valence-corrected chi connectivity index (χ0v) is 16.6. The molecule has 1 aliphatic rings. The molecule has 2 rings (SSSR count). The van der Waals surface area contributed by atoms with Crippen molar-refractivity contribution in [2.24, 2.45) is 11.8 Å². The Kier molecular flexibility index (Phi) is 7.09. The molecule has 0 aromatic heterocycles. The molecule has 0 unspecified atom stereocenters. The fourth-order valence-electron chi connectivity index (χ4n) is 3.16. The second kappa shape index (κ2) is 9.30. The molecular weight excluding hydrogens is 358 g/mol. The molecule has 1 aromatic rings. The molecule has 0 spiro atoms. The van der Waals surface area contributed by atoms with Crippen LogP contribution in [0.4, 0.5) is 0 Å². The highest BCUT2D eigenvalue weighted by Crippen LogP contribution is 2.29. The van der Waals surface area contributed by atoms with Crippen molar-refractivity contribution < 1.29 is 19.2 Å². The smallest absolute Gasteiger partial charge is 0.288 e. The maximum absolute atomic E-state index is 12.9. The van der Waals surface area contributed by atoms with E-state index < -0.39 is 23.5 Å². The van der Waals surface area contributed by atoms with Gasteiger partial charge in [-0.1, -0.05) is 42.5 Å². The molecule has 1 heterocycles. The number of carbonyl (C=O) groups is 4. The van der Waals surface area contributed by atoms with Crippen LogP contribution in [0, 0.1) is 11.8 Å². The molecule has 2 atom stereocenters. The summed E-state index contributed by atoms with van der Waals surface area (Å²) in [6.45, 7) is 5.61. The van der Waals surface area contributed by atoms with Gasteiger partial charge in [0.1, 0.15) is 0 Å². The number of Topliss-reactive ketones (excluding diaryl/α,β-unsaturated/α-hetero) is 1. The van der Waals surface area contributed by atoms with E-state index >= 15 is 0 Å². The summed E-state index contributed by atoms with van der Waals surface area (Å²) in [5.74, 6) is -3.31. The minimum absolute atomic E-state index is 0.0647. The van der Waals surface area contributed by atoms with E-state index in [4.69, 9.17) is 0 Å². The number of hydrogen-bond donors (Lipinski definition) is 1. The number of nitrogens with zero attached hydrogens (tertiary/aromatic N) is 2. The average molecular weight is 385 g/mol. The van der Waals surface area contributed by atoms with Crippen LogP contribution in [0.1, 0.15) is 12.5 Å². The van der Waals surface area contributed by atoms with E-state index in [0.29, 0.717) is 6.42 Å². The first-order valence-corrected chi connectivity index (χ1v) is 9.20. The molecule has 1 aliphatic heterocycles. The molecule has 0 saturated carbocycles. The summed E-state index contributed by atoms with van der Waals surface area (Å²) in [6, 6.07) is 9.35. The third kappa shape index (κ3) is 5.28. The topological polar surface area (TPSA) is 86.8 Å². The monoisotopic (exact) mass is 385 g/mol. The van der Waals surface area contributed by atoms with E-state index in [9.17, 15) is 19.2 Å². The Hall–Kier alpha value is -2.96. The molecule has 0 aliphatic carbocycles. The highest BCUT2D eigenvalue weighted by molar-refractivity contribution is 6.37. The number of hydrogen-bond acceptors (Lipinski definition) is 4. The second-order valence-electron chi connectivity index (χ2n) is 7.41. The maximum atomic E-state index is 12.9. The predicted molar refractivity (Wildman–Crippen MR) is 105 cm³/mol. The Bertz CT molecular complexity index is 773. The van der Waals surface area contributed by atoms with Crippen LogP contribution in [0.3, 0.4) is 0 Å². The van der Waals surface area contributed by atoms with Crippen LogP contribution >= 0.6 is 0 Å². The SMILES string of the molecule is C=C(C)CNC(=O)C(=O)[C@H]1CN(CC(=O)N(C)C)C(=O)[C@@H]1Cc1ccccc1. The van der Waals surface area contributed by atoms with Crippen molar-refractivity contribution >= 4 is 23.5 Å². The van der Waals surface area contributed by atoms with Gasteiger partial charge in [0.2, 0.25) is 17.6 Å². The highest BCUT2D eigenvalue weighted by atomic mass is 16.2. The van der Waals surface area contributed by atoms with Gasteiger partial charge in [-0.05, 0) is 18.9 Å². The number of benzene rings is 1. The Balaban J connectivity index is 2.21. The molecule has 3 amide bonds. The Labute approximate surface area is 165 Å². The third-order valence-electron chi connectivity index (χ3n) is 4.77. The minimum atomic E-state index is -0.784. The molecule has 0 radical (unpaired) electrons. The van der Waals surface area contributed by atoms with Crippen LogP contribution in [0.15, 0.2) is 42.5 Å². The lowest BCUT2D eigenvalue weighted by Crippen LogP contribution is -2.40. The second-order valence-corrected chi connectivity index (χ2v) is 7.41. The summed E-state index contributed by atoms with van der Waals surface area (Å²) in [6.07, 6.45) is 0.344. The molecule has 7 heteroatoms. The molecule has 1 N–H and O–H groups in total. The summed E-state index contributed by atoms with van der Waals surface area (Å²) < 4.78 is 0. The van der Waals surface area contributed by atoms with Gasteiger partial charge in [0, 0.05) is 27.2 Å². The summed E-state index contributed by atoms with van der Waals surface area (Å²) in [7, 11) is 3.22. The molecule has 7 nitrogen and oxygen atoms in total. The zero-order valence-electron chi connectivity index (χ0n) is 16.6. The highest BCUT2D eigenvalue weighted by Gasteiger charge is 2.46. The van der Waals surface area contributed by atoms with Crippen molar-refractivity contribution in [3.8, 4) is 0 Å². The van der Waals surface area contributed by atoms with E-state index in [-0.39, 0.29) is 31.4 Å². The Morgan fingerprint density at radius 2 is 1.86 bits per heavy atom. The van der Waals surface area contributed by atoms with Crippen molar-refractivity contribution in [2.75, 3.05) is 33.7 Å². The van der Waals surface area contributed by atoms with Gasteiger partial charge in [-0.25, -0.2) is 0 Å². The van der Waals surface area contributed by atoms with E-state index in [1.807, 2.05) is 30.3 Å². The van der Waals surface area contributed by atoms with Crippen molar-refractivity contribution in [1.29, 1.82) is 0 Å². The summed E-state index contributed by atoms with van der Waals surface area (Å²) in [5, 5.41) is 2.54. The number of amides is 3. The van der Waals surface area contributed by atoms with Crippen LogP contribution in [0.5, 0.6) is 0 Å². The first kappa shape index (κ1) is 21.3. The summed E-state index contributed by atoms with van der Waals surface area (Å²) >= 11 is 0.